The largest absolute Gasteiger partial charge is 0.467 e. The Hall–Kier alpha value is -5.71. The van der Waals surface area contributed by atoms with Gasteiger partial charge in [0.1, 0.15) is 12.3 Å². The molecule has 0 bridgehead atoms. The first-order valence-corrected chi connectivity index (χ1v) is 14.0. The lowest BCUT2D eigenvalue weighted by molar-refractivity contribution is -0.116. The highest BCUT2D eigenvalue weighted by molar-refractivity contribution is 6.02. The fraction of sp³-hybridized carbons (Fsp3) is 0.182. The van der Waals surface area contributed by atoms with E-state index in [-0.39, 0.29) is 40.9 Å². The maximum Gasteiger partial charge on any atom is 0.340 e. The van der Waals surface area contributed by atoms with E-state index in [9.17, 15) is 24.0 Å². The number of fused-ring (bicyclic) bond motifs is 1. The summed E-state index contributed by atoms with van der Waals surface area (Å²) in [6.07, 6.45) is 2.05. The third-order valence-corrected chi connectivity index (χ3v) is 6.92. The average Bonchev–Trinajstić information content (AvgIpc) is 3.55. The van der Waals surface area contributed by atoms with Crippen LogP contribution in [0.2, 0.25) is 0 Å². The van der Waals surface area contributed by atoms with E-state index >= 15 is 0 Å². The van der Waals surface area contributed by atoms with Crippen molar-refractivity contribution in [3.63, 3.8) is 0 Å². The van der Waals surface area contributed by atoms with Gasteiger partial charge in [-0.3, -0.25) is 23.5 Å². The molecule has 11 nitrogen and oxygen atoms in total. The number of anilines is 1. The summed E-state index contributed by atoms with van der Waals surface area (Å²) in [5.74, 6) is -1.27. The van der Waals surface area contributed by atoms with Gasteiger partial charge in [0.05, 0.1) is 41.6 Å². The van der Waals surface area contributed by atoms with Crippen LogP contribution in [0.15, 0.2) is 105 Å². The van der Waals surface area contributed by atoms with Gasteiger partial charge < -0.3 is 19.8 Å². The minimum Gasteiger partial charge on any atom is -0.467 e. The second-order valence-electron chi connectivity index (χ2n) is 9.88. The van der Waals surface area contributed by atoms with Gasteiger partial charge in [-0.05, 0) is 61.4 Å². The normalized spacial score (nSPS) is 10.8. The molecule has 3 aromatic carbocycles. The van der Waals surface area contributed by atoms with Gasteiger partial charge in [-0.2, -0.15) is 0 Å². The first kappa shape index (κ1) is 29.8. The van der Waals surface area contributed by atoms with E-state index in [1.54, 1.807) is 37.3 Å². The lowest BCUT2D eigenvalue weighted by Gasteiger charge is -2.15. The predicted octanol–water partition coefficient (Wildman–Crippen LogP) is 3.59. The molecule has 0 saturated heterocycles. The highest BCUT2D eigenvalue weighted by Crippen LogP contribution is 2.17. The molecule has 11 heteroatoms. The number of furan rings is 1. The lowest BCUT2D eigenvalue weighted by atomic mass is 10.1. The van der Waals surface area contributed by atoms with Crippen LogP contribution >= 0.6 is 0 Å². The summed E-state index contributed by atoms with van der Waals surface area (Å²) in [7, 11) is 0. The zero-order chi connectivity index (χ0) is 31.1. The number of ether oxygens (including phenoxy) is 1. The first-order chi connectivity index (χ1) is 21.4. The molecule has 2 amide bonds. The Morgan fingerprint density at radius 3 is 2.41 bits per heavy atom. The van der Waals surface area contributed by atoms with Gasteiger partial charge in [-0.25, -0.2) is 9.59 Å². The van der Waals surface area contributed by atoms with Gasteiger partial charge in [-0.15, -0.1) is 0 Å². The maximum absolute atomic E-state index is 13.7. The molecule has 5 rings (SSSR count). The molecule has 0 fully saturated rings. The quantitative estimate of drug-likeness (QED) is 0.223. The molecule has 224 valence electrons. The fourth-order valence-corrected chi connectivity index (χ4v) is 4.79. The highest BCUT2D eigenvalue weighted by Gasteiger charge is 2.20. The zero-order valence-electron chi connectivity index (χ0n) is 23.9. The predicted molar refractivity (Wildman–Crippen MR) is 164 cm³/mol. The van der Waals surface area contributed by atoms with Crippen LogP contribution in [0.5, 0.6) is 0 Å². The molecule has 0 aliphatic rings. The summed E-state index contributed by atoms with van der Waals surface area (Å²) in [6, 6.07) is 23.7. The summed E-state index contributed by atoms with van der Waals surface area (Å²) >= 11 is 0. The number of carbonyl (C=O) groups is 3. The van der Waals surface area contributed by atoms with Gasteiger partial charge in [0.25, 0.3) is 11.5 Å². The van der Waals surface area contributed by atoms with Crippen LogP contribution in [0.3, 0.4) is 0 Å². The third kappa shape index (κ3) is 6.67. The molecular weight excluding hydrogens is 564 g/mol. The molecule has 0 aliphatic heterocycles. The van der Waals surface area contributed by atoms with Crippen LogP contribution in [0.1, 0.15) is 39.0 Å². The molecule has 2 heterocycles. The number of hydrogen-bond donors (Lipinski definition) is 2. The first-order valence-electron chi connectivity index (χ1n) is 14.0. The molecule has 2 N–H and O–H groups in total. The molecule has 5 aromatic rings. The number of para-hydroxylation sites is 1. The Labute approximate surface area is 251 Å². The highest BCUT2D eigenvalue weighted by atomic mass is 16.5. The van der Waals surface area contributed by atoms with Crippen LogP contribution < -0.4 is 21.9 Å². The number of aromatic nitrogens is 2. The van der Waals surface area contributed by atoms with E-state index in [1.165, 1.54) is 30.5 Å². The SMILES string of the molecule is CCOC(=O)c1ccccc1NC(=O)Cn1c(=O)n(Cc2ccco2)c(=O)c2ccc(C(=O)NCCc3ccccc3)cc21. The summed E-state index contributed by atoms with van der Waals surface area (Å²) < 4.78 is 12.5. The minimum absolute atomic E-state index is 0.111. The number of nitrogens with zero attached hydrogens (tertiary/aromatic N) is 2. The number of hydrogen-bond acceptors (Lipinski definition) is 7. The molecule has 0 atom stereocenters. The van der Waals surface area contributed by atoms with Crippen molar-refractivity contribution >= 4 is 34.4 Å². The Kier molecular flexibility index (Phi) is 9.14. The standard InChI is InChI=1S/C33H30N4O7/c1-2-43-32(41)25-12-6-7-13-27(25)35-29(38)21-36-28-19-23(30(39)34-17-16-22-9-4-3-5-10-22)14-15-26(28)31(40)37(33(36)42)20-24-11-8-18-44-24/h3-15,18-19H,2,16-17,20-21H2,1H3,(H,34,39)(H,35,38). The van der Waals surface area contributed by atoms with Gasteiger partial charge in [0.2, 0.25) is 5.91 Å². The Morgan fingerprint density at radius 2 is 1.66 bits per heavy atom. The Balaban J connectivity index is 1.48. The van der Waals surface area contributed by atoms with Crippen molar-refractivity contribution in [2.45, 2.75) is 26.4 Å². The van der Waals surface area contributed by atoms with Gasteiger partial charge in [0, 0.05) is 12.1 Å². The molecular formula is C33H30N4O7. The molecule has 0 radical (unpaired) electrons. The Morgan fingerprint density at radius 1 is 0.886 bits per heavy atom. The van der Waals surface area contributed by atoms with Crippen molar-refractivity contribution in [1.82, 2.24) is 14.5 Å². The van der Waals surface area contributed by atoms with E-state index in [0.29, 0.717) is 18.7 Å². The number of carbonyl (C=O) groups excluding carboxylic acids is 3. The number of benzene rings is 3. The topological polar surface area (TPSA) is 142 Å². The van der Waals surface area contributed by atoms with Crippen molar-refractivity contribution < 1.29 is 23.5 Å². The number of esters is 1. The molecule has 2 aromatic heterocycles. The second kappa shape index (κ2) is 13.5. The van der Waals surface area contributed by atoms with Crippen molar-refractivity contribution in [2.24, 2.45) is 0 Å². The summed E-state index contributed by atoms with van der Waals surface area (Å²) in [5, 5.41) is 5.66. The zero-order valence-corrected chi connectivity index (χ0v) is 23.9. The van der Waals surface area contributed by atoms with Gasteiger partial charge in [0.15, 0.2) is 0 Å². The fourth-order valence-electron chi connectivity index (χ4n) is 4.79. The van der Waals surface area contributed by atoms with Crippen molar-refractivity contribution in [2.75, 3.05) is 18.5 Å². The van der Waals surface area contributed by atoms with Crippen LogP contribution in [-0.2, 0) is 29.0 Å². The third-order valence-electron chi connectivity index (χ3n) is 6.92. The van der Waals surface area contributed by atoms with E-state index in [4.69, 9.17) is 9.15 Å². The average molecular weight is 595 g/mol. The van der Waals surface area contributed by atoms with E-state index in [0.717, 1.165) is 14.7 Å². The van der Waals surface area contributed by atoms with Crippen LogP contribution in [-0.4, -0.2) is 40.1 Å². The van der Waals surface area contributed by atoms with Gasteiger partial charge >= 0.3 is 11.7 Å². The van der Waals surface area contributed by atoms with E-state index in [1.807, 2.05) is 30.3 Å². The second-order valence-corrected chi connectivity index (χ2v) is 9.88. The van der Waals surface area contributed by atoms with E-state index < -0.39 is 35.6 Å². The smallest absolute Gasteiger partial charge is 0.340 e. The monoisotopic (exact) mass is 594 g/mol. The van der Waals surface area contributed by atoms with Crippen molar-refractivity contribution in [3.8, 4) is 0 Å². The molecule has 44 heavy (non-hydrogen) atoms. The molecule has 0 unspecified atom stereocenters. The van der Waals surface area contributed by atoms with E-state index in [2.05, 4.69) is 10.6 Å². The maximum atomic E-state index is 13.7. The lowest BCUT2D eigenvalue weighted by Crippen LogP contribution is -2.42. The number of rotatable bonds is 11. The Bertz CT molecular complexity index is 1930. The molecule has 0 spiro atoms. The minimum atomic E-state index is -0.769. The summed E-state index contributed by atoms with van der Waals surface area (Å²) in [5.41, 5.74) is 0.381. The van der Waals surface area contributed by atoms with Gasteiger partial charge in [-0.1, -0.05) is 42.5 Å². The summed E-state index contributed by atoms with van der Waals surface area (Å²) in [4.78, 5) is 65.9. The van der Waals surface area contributed by atoms with Crippen molar-refractivity contribution in [3.05, 3.63) is 134 Å². The molecule has 0 aliphatic carbocycles. The van der Waals surface area contributed by atoms with Crippen molar-refractivity contribution in [1.29, 1.82) is 0 Å². The van der Waals surface area contributed by atoms with Crippen LogP contribution in [0, 0.1) is 0 Å². The van der Waals surface area contributed by atoms with Crippen LogP contribution in [0.25, 0.3) is 10.9 Å². The number of amides is 2. The molecule has 0 saturated carbocycles. The summed E-state index contributed by atoms with van der Waals surface area (Å²) in [6.45, 7) is 1.54. The van der Waals surface area contributed by atoms with Crippen LogP contribution in [0.4, 0.5) is 5.69 Å². The number of nitrogens with one attached hydrogen (secondary N) is 2.